The van der Waals surface area contributed by atoms with E-state index in [1.165, 1.54) is 0 Å². The zero-order valence-electron chi connectivity index (χ0n) is 20.0. The Bertz CT molecular complexity index is 755. The highest BCUT2D eigenvalue weighted by molar-refractivity contribution is 5.72. The number of alkyl halides is 12. The highest BCUT2D eigenvalue weighted by Gasteiger charge is 2.87. The van der Waals surface area contributed by atoms with Crippen LogP contribution in [-0.2, 0) is 9.53 Å². The lowest BCUT2D eigenvalue weighted by molar-refractivity contribution is -0.414. The van der Waals surface area contributed by atoms with Gasteiger partial charge in [0, 0.05) is 0 Å². The van der Waals surface area contributed by atoms with Crippen LogP contribution in [0, 0.1) is 23.7 Å². The number of hydrogen-bond acceptors (Lipinski definition) is 2. The second-order valence-electron chi connectivity index (χ2n) is 10.1. The normalized spacial score (nSPS) is 26.9. The summed E-state index contributed by atoms with van der Waals surface area (Å²) in [4.78, 5) is 12.1. The molecule has 0 amide bonds. The molecule has 0 radical (unpaired) electrons. The summed E-state index contributed by atoms with van der Waals surface area (Å²) in [6.45, 7) is -0.720. The molecular weight excluding hydrogens is 536 g/mol. The Labute approximate surface area is 206 Å². The van der Waals surface area contributed by atoms with Crippen LogP contribution in [0.4, 0.5) is 52.7 Å². The van der Waals surface area contributed by atoms with Gasteiger partial charge in [0.1, 0.15) is 0 Å². The first kappa shape index (κ1) is 31.8. The van der Waals surface area contributed by atoms with Gasteiger partial charge in [0.25, 0.3) is 0 Å². The summed E-state index contributed by atoms with van der Waals surface area (Å²) in [5, 5.41) is 0. The molecule has 0 bridgehead atoms. The summed E-state index contributed by atoms with van der Waals surface area (Å²) in [5.74, 6) is -36.9. The number of rotatable bonds is 11. The summed E-state index contributed by atoms with van der Waals surface area (Å²) in [6.07, 6.45) is 2.19. The molecule has 2 aliphatic carbocycles. The average Bonchev–Trinajstić information content (AvgIpc) is 2.82. The van der Waals surface area contributed by atoms with Gasteiger partial charge in [-0.15, -0.1) is 0 Å². The van der Waals surface area contributed by atoms with Gasteiger partial charge in [-0.1, -0.05) is 32.6 Å². The van der Waals surface area contributed by atoms with Crippen molar-refractivity contribution >= 4 is 5.97 Å². The number of esters is 1. The van der Waals surface area contributed by atoms with Gasteiger partial charge in [-0.2, -0.15) is 43.9 Å². The molecule has 0 spiro atoms. The fraction of sp³-hybridized carbons (Fsp3) is 0.957. The molecule has 0 atom stereocenters. The molecule has 0 N–H and O–H groups in total. The molecule has 2 aliphatic rings. The average molecular weight is 566 g/mol. The third-order valence-corrected chi connectivity index (χ3v) is 7.70. The molecule has 0 aliphatic heterocycles. The maximum atomic E-state index is 13.9. The summed E-state index contributed by atoms with van der Waals surface area (Å²) in [6, 6.07) is 0. The maximum absolute atomic E-state index is 13.9. The molecule has 0 saturated heterocycles. The van der Waals surface area contributed by atoms with E-state index in [4.69, 9.17) is 0 Å². The van der Waals surface area contributed by atoms with Crippen molar-refractivity contribution in [2.45, 2.75) is 107 Å². The Morgan fingerprint density at radius 2 is 1.19 bits per heavy atom. The molecule has 0 aromatic rings. The van der Waals surface area contributed by atoms with Crippen LogP contribution in [0.2, 0.25) is 0 Å². The first-order chi connectivity index (χ1) is 16.8. The van der Waals surface area contributed by atoms with Gasteiger partial charge in [-0.05, 0) is 56.3 Å². The lowest BCUT2D eigenvalue weighted by Crippen LogP contribution is -2.69. The van der Waals surface area contributed by atoms with Crippen LogP contribution in [0.25, 0.3) is 0 Å². The molecule has 2 saturated carbocycles. The monoisotopic (exact) mass is 566 g/mol. The number of ether oxygens (including phenoxy) is 1. The fourth-order valence-corrected chi connectivity index (χ4v) is 5.33. The highest BCUT2D eigenvalue weighted by Crippen LogP contribution is 2.58. The van der Waals surface area contributed by atoms with Crippen LogP contribution < -0.4 is 0 Å². The Hall–Kier alpha value is -1.37. The minimum absolute atomic E-state index is 0.148. The standard InChI is InChI=1S/C23H30F12O2/c1-2-3-13-4-6-14(7-5-13)15-8-10-16(11-9-15)17(36)37-12-19(26,27)21(30,31)23(34,35)22(32,33)20(28,29)18(24)25/h13-16,18H,2-12H2,1H3. The summed E-state index contributed by atoms with van der Waals surface area (Å²) in [7, 11) is 0. The molecular formula is C23H30F12O2. The quantitative estimate of drug-likeness (QED) is 0.186. The number of hydrogen-bond donors (Lipinski definition) is 0. The second kappa shape index (κ2) is 11.4. The molecule has 0 heterocycles. The van der Waals surface area contributed by atoms with Crippen molar-refractivity contribution in [3.63, 3.8) is 0 Å². The van der Waals surface area contributed by atoms with Crippen molar-refractivity contribution in [1.82, 2.24) is 0 Å². The van der Waals surface area contributed by atoms with Crippen LogP contribution in [0.1, 0.15) is 71.1 Å². The fourth-order valence-electron chi connectivity index (χ4n) is 5.33. The third kappa shape index (κ3) is 6.12. The van der Waals surface area contributed by atoms with Crippen LogP contribution in [0.3, 0.4) is 0 Å². The van der Waals surface area contributed by atoms with Gasteiger partial charge in [-0.25, -0.2) is 8.78 Å². The van der Waals surface area contributed by atoms with E-state index in [9.17, 15) is 57.5 Å². The maximum Gasteiger partial charge on any atom is 0.384 e. The van der Waals surface area contributed by atoms with E-state index in [1.54, 1.807) is 0 Å². The van der Waals surface area contributed by atoms with Crippen LogP contribution >= 0.6 is 0 Å². The number of halogens is 12. The number of carbonyl (C=O) groups excluding carboxylic acids is 1. The minimum Gasteiger partial charge on any atom is -0.459 e. The van der Waals surface area contributed by atoms with Crippen molar-refractivity contribution in [2.24, 2.45) is 23.7 Å². The Kier molecular flexibility index (Phi) is 9.81. The highest BCUT2D eigenvalue weighted by atomic mass is 19.4. The lowest BCUT2D eigenvalue weighted by atomic mass is 9.69. The summed E-state index contributed by atoms with van der Waals surface area (Å²) < 4.78 is 163. The van der Waals surface area contributed by atoms with E-state index in [1.807, 2.05) is 0 Å². The van der Waals surface area contributed by atoms with E-state index < -0.39 is 54.5 Å². The lowest BCUT2D eigenvalue weighted by Gasteiger charge is -2.39. The van der Waals surface area contributed by atoms with Gasteiger partial charge in [0.2, 0.25) is 0 Å². The van der Waals surface area contributed by atoms with Gasteiger partial charge in [-0.3, -0.25) is 4.79 Å². The molecule has 14 heteroatoms. The largest absolute Gasteiger partial charge is 0.459 e. The molecule has 218 valence electrons. The smallest absolute Gasteiger partial charge is 0.384 e. The molecule has 0 aromatic carbocycles. The molecule has 2 fully saturated rings. The molecule has 37 heavy (non-hydrogen) atoms. The van der Waals surface area contributed by atoms with Gasteiger partial charge in [0.05, 0.1) is 5.92 Å². The van der Waals surface area contributed by atoms with Crippen LogP contribution in [-0.4, -0.2) is 48.6 Å². The third-order valence-electron chi connectivity index (χ3n) is 7.70. The van der Waals surface area contributed by atoms with Crippen LogP contribution in [0.15, 0.2) is 0 Å². The summed E-state index contributed by atoms with van der Waals surface area (Å²) in [5.41, 5.74) is 0. The second-order valence-corrected chi connectivity index (χ2v) is 10.1. The molecule has 0 unspecified atom stereocenters. The predicted octanol–water partition coefficient (Wildman–Crippen LogP) is 8.38. The van der Waals surface area contributed by atoms with Gasteiger partial charge < -0.3 is 4.74 Å². The van der Waals surface area contributed by atoms with E-state index in [2.05, 4.69) is 11.7 Å². The van der Waals surface area contributed by atoms with E-state index in [0.29, 0.717) is 24.7 Å². The first-order valence-electron chi connectivity index (χ1n) is 12.2. The summed E-state index contributed by atoms with van der Waals surface area (Å²) >= 11 is 0. The van der Waals surface area contributed by atoms with E-state index >= 15 is 0 Å². The zero-order valence-corrected chi connectivity index (χ0v) is 20.0. The van der Waals surface area contributed by atoms with Crippen molar-refractivity contribution in [1.29, 1.82) is 0 Å². The van der Waals surface area contributed by atoms with Crippen molar-refractivity contribution in [3.8, 4) is 0 Å². The van der Waals surface area contributed by atoms with E-state index in [-0.39, 0.29) is 18.8 Å². The predicted molar refractivity (Wildman–Crippen MR) is 108 cm³/mol. The Balaban J connectivity index is 1.96. The first-order valence-corrected chi connectivity index (χ1v) is 12.2. The van der Waals surface area contributed by atoms with Gasteiger partial charge in [0.15, 0.2) is 6.61 Å². The Morgan fingerprint density at radius 3 is 1.62 bits per heavy atom. The molecule has 0 aromatic heterocycles. The molecule has 2 rings (SSSR count). The van der Waals surface area contributed by atoms with Crippen LogP contribution in [0.5, 0.6) is 0 Å². The van der Waals surface area contributed by atoms with Crippen molar-refractivity contribution < 1.29 is 62.2 Å². The van der Waals surface area contributed by atoms with Crippen molar-refractivity contribution in [3.05, 3.63) is 0 Å². The zero-order chi connectivity index (χ0) is 28.4. The SMILES string of the molecule is CCCC1CCC(C2CCC(C(=O)OCC(F)(F)C(F)(F)C(F)(F)C(F)(F)C(F)(F)C(F)F)CC2)CC1. The topological polar surface area (TPSA) is 26.3 Å². The Morgan fingerprint density at radius 1 is 0.730 bits per heavy atom. The van der Waals surface area contributed by atoms with Crippen molar-refractivity contribution in [2.75, 3.05) is 6.61 Å². The van der Waals surface area contributed by atoms with E-state index in [0.717, 1.165) is 38.5 Å². The molecule has 2 nitrogen and oxygen atoms in total. The minimum atomic E-state index is -7.62. The number of carbonyl (C=O) groups is 1. The van der Waals surface area contributed by atoms with Gasteiger partial charge >= 0.3 is 42.0 Å².